The molecule has 0 aliphatic carbocycles. The summed E-state index contributed by atoms with van der Waals surface area (Å²) in [6, 6.07) is 29.6. The number of anilines is 1. The highest BCUT2D eigenvalue weighted by atomic mass is 32.2. The number of likely N-dealkylation sites (N-methyl/N-ethyl adjacent to an activating group) is 1. The second-order valence-electron chi connectivity index (χ2n) is 10.8. The van der Waals surface area contributed by atoms with Crippen LogP contribution in [0.2, 0.25) is 0 Å². The van der Waals surface area contributed by atoms with Gasteiger partial charge in [-0.25, -0.2) is 8.42 Å². The minimum atomic E-state index is -4.17. The van der Waals surface area contributed by atoms with Crippen molar-refractivity contribution < 1.29 is 22.7 Å². The molecule has 0 spiro atoms. The lowest BCUT2D eigenvalue weighted by Crippen LogP contribution is -2.53. The molecule has 0 heterocycles. The van der Waals surface area contributed by atoms with E-state index in [-0.39, 0.29) is 23.8 Å². The molecule has 4 rings (SSSR count). The molecule has 0 aliphatic rings. The van der Waals surface area contributed by atoms with Crippen LogP contribution in [0.1, 0.15) is 36.1 Å². The van der Waals surface area contributed by atoms with Crippen molar-refractivity contribution in [2.45, 2.75) is 51.1 Å². The second-order valence-corrected chi connectivity index (χ2v) is 12.6. The fraction of sp³-hybridized carbons (Fsp3) is 0.278. The lowest BCUT2D eigenvalue weighted by Gasteiger charge is -2.34. The van der Waals surface area contributed by atoms with Crippen LogP contribution in [0.15, 0.2) is 108 Å². The Morgan fingerprint density at radius 1 is 0.844 bits per heavy atom. The first kappa shape index (κ1) is 33.3. The van der Waals surface area contributed by atoms with Gasteiger partial charge in [0.1, 0.15) is 18.3 Å². The standard InChI is InChI=1S/C36H41N3O5S/c1-5-30-16-10-11-18-33(30)39(45(42,43)32-21-19-27(3)20-22-32)26-35(40)38(25-29-15-12-17-31(23-29)44-4)34(36(41)37-6-2)24-28-13-8-7-9-14-28/h7-23,34H,5-6,24-26H2,1-4H3,(H,37,41)/t34-/m1/s1. The SMILES string of the molecule is CCNC(=O)[C@@H](Cc1ccccc1)N(Cc1cccc(OC)c1)C(=O)CN(c1ccccc1CC)S(=O)(=O)c1ccc(C)cc1. The van der Waals surface area contributed by atoms with E-state index >= 15 is 0 Å². The Bertz CT molecular complexity index is 1690. The molecule has 0 saturated heterocycles. The van der Waals surface area contributed by atoms with Gasteiger partial charge in [0.05, 0.1) is 17.7 Å². The number of benzene rings is 4. The maximum atomic E-state index is 14.6. The summed E-state index contributed by atoms with van der Waals surface area (Å²) in [4.78, 5) is 29.8. The molecule has 8 nitrogen and oxygen atoms in total. The molecule has 0 bridgehead atoms. The summed E-state index contributed by atoms with van der Waals surface area (Å²) < 4.78 is 35.1. The van der Waals surface area contributed by atoms with E-state index < -0.39 is 28.5 Å². The zero-order valence-electron chi connectivity index (χ0n) is 26.3. The molecular formula is C36H41N3O5S. The maximum absolute atomic E-state index is 14.6. The number of hydrogen-bond donors (Lipinski definition) is 1. The zero-order chi connectivity index (χ0) is 32.4. The quantitative estimate of drug-likeness (QED) is 0.198. The first-order valence-corrected chi connectivity index (χ1v) is 16.5. The molecule has 45 heavy (non-hydrogen) atoms. The number of carbonyl (C=O) groups excluding carboxylic acids is 2. The van der Waals surface area contributed by atoms with E-state index in [4.69, 9.17) is 4.74 Å². The molecule has 9 heteroatoms. The van der Waals surface area contributed by atoms with Crippen LogP contribution in [0.5, 0.6) is 5.75 Å². The number of amides is 2. The molecule has 4 aromatic carbocycles. The van der Waals surface area contributed by atoms with E-state index in [0.717, 1.165) is 22.3 Å². The lowest BCUT2D eigenvalue weighted by atomic mass is 10.0. The lowest BCUT2D eigenvalue weighted by molar-refractivity contribution is -0.140. The molecule has 0 radical (unpaired) electrons. The number of aryl methyl sites for hydroxylation is 2. The molecule has 1 atom stereocenters. The van der Waals surface area contributed by atoms with Crippen LogP contribution in [0, 0.1) is 6.92 Å². The molecule has 0 aliphatic heterocycles. The smallest absolute Gasteiger partial charge is 0.264 e. The average Bonchev–Trinajstić information content (AvgIpc) is 3.06. The number of rotatable bonds is 14. The molecule has 236 valence electrons. The van der Waals surface area contributed by atoms with Gasteiger partial charge >= 0.3 is 0 Å². The normalized spacial score (nSPS) is 11.8. The summed E-state index contributed by atoms with van der Waals surface area (Å²) in [5, 5.41) is 2.88. The number of hydrogen-bond acceptors (Lipinski definition) is 5. The number of ether oxygens (including phenoxy) is 1. The van der Waals surface area contributed by atoms with E-state index in [9.17, 15) is 18.0 Å². The maximum Gasteiger partial charge on any atom is 0.264 e. The highest BCUT2D eigenvalue weighted by Gasteiger charge is 2.35. The average molecular weight is 628 g/mol. The minimum Gasteiger partial charge on any atom is -0.497 e. The summed E-state index contributed by atoms with van der Waals surface area (Å²) in [6.45, 7) is 5.60. The van der Waals surface area contributed by atoms with Gasteiger partial charge in [0, 0.05) is 19.5 Å². The summed E-state index contributed by atoms with van der Waals surface area (Å²) in [6.07, 6.45) is 0.811. The molecule has 2 amide bonds. The van der Waals surface area contributed by atoms with Crippen LogP contribution in [-0.2, 0) is 39.0 Å². The molecule has 0 aromatic heterocycles. The van der Waals surface area contributed by atoms with E-state index in [1.807, 2.05) is 81.4 Å². The summed E-state index contributed by atoms with van der Waals surface area (Å²) in [7, 11) is -2.60. The number of para-hydroxylation sites is 1. The Kier molecular flexibility index (Phi) is 11.4. The van der Waals surface area contributed by atoms with Gasteiger partial charge in [-0.2, -0.15) is 0 Å². The third-order valence-corrected chi connectivity index (χ3v) is 9.41. The summed E-state index contributed by atoms with van der Waals surface area (Å²) in [5.74, 6) is -0.218. The van der Waals surface area contributed by atoms with Crippen molar-refractivity contribution >= 4 is 27.5 Å². The number of carbonyl (C=O) groups is 2. The Labute approximate surface area is 266 Å². The Balaban J connectivity index is 1.83. The third-order valence-electron chi connectivity index (χ3n) is 7.64. The summed E-state index contributed by atoms with van der Waals surface area (Å²) >= 11 is 0. The monoisotopic (exact) mass is 627 g/mol. The van der Waals surface area contributed by atoms with Gasteiger partial charge in [-0.15, -0.1) is 0 Å². The highest BCUT2D eigenvalue weighted by Crippen LogP contribution is 2.29. The van der Waals surface area contributed by atoms with Gasteiger partial charge in [0.2, 0.25) is 11.8 Å². The molecule has 0 fully saturated rings. The van der Waals surface area contributed by atoms with Crippen LogP contribution in [-0.4, -0.2) is 51.4 Å². The Morgan fingerprint density at radius 3 is 2.18 bits per heavy atom. The number of sulfonamides is 1. The predicted molar refractivity (Wildman–Crippen MR) is 178 cm³/mol. The van der Waals surface area contributed by atoms with Crippen molar-refractivity contribution in [2.75, 3.05) is 24.5 Å². The topological polar surface area (TPSA) is 96.0 Å². The van der Waals surface area contributed by atoms with Crippen LogP contribution in [0.3, 0.4) is 0 Å². The molecular weight excluding hydrogens is 586 g/mol. The van der Waals surface area contributed by atoms with Crippen molar-refractivity contribution in [3.05, 3.63) is 125 Å². The fourth-order valence-electron chi connectivity index (χ4n) is 5.22. The van der Waals surface area contributed by atoms with E-state index in [2.05, 4.69) is 5.32 Å². The molecule has 0 unspecified atom stereocenters. The van der Waals surface area contributed by atoms with E-state index in [1.165, 1.54) is 9.21 Å². The minimum absolute atomic E-state index is 0.0680. The predicted octanol–water partition coefficient (Wildman–Crippen LogP) is 5.54. The molecule has 4 aromatic rings. The van der Waals surface area contributed by atoms with Crippen molar-refractivity contribution in [3.8, 4) is 5.75 Å². The van der Waals surface area contributed by atoms with Crippen LogP contribution in [0.4, 0.5) is 5.69 Å². The zero-order valence-corrected chi connectivity index (χ0v) is 27.1. The third kappa shape index (κ3) is 8.30. The van der Waals surface area contributed by atoms with Gasteiger partial charge in [0.15, 0.2) is 0 Å². The van der Waals surface area contributed by atoms with Gasteiger partial charge in [-0.05, 0) is 67.3 Å². The number of nitrogens with one attached hydrogen (secondary N) is 1. The van der Waals surface area contributed by atoms with Crippen molar-refractivity contribution in [3.63, 3.8) is 0 Å². The van der Waals surface area contributed by atoms with Crippen molar-refractivity contribution in [2.24, 2.45) is 0 Å². The van der Waals surface area contributed by atoms with Crippen LogP contribution < -0.4 is 14.4 Å². The van der Waals surface area contributed by atoms with Gasteiger partial charge in [-0.3, -0.25) is 13.9 Å². The Hall–Kier alpha value is -4.63. The van der Waals surface area contributed by atoms with Gasteiger partial charge < -0.3 is 15.0 Å². The first-order chi connectivity index (χ1) is 21.7. The number of nitrogens with zero attached hydrogens (tertiary/aromatic N) is 2. The van der Waals surface area contributed by atoms with Crippen molar-refractivity contribution in [1.82, 2.24) is 10.2 Å². The van der Waals surface area contributed by atoms with Crippen LogP contribution >= 0.6 is 0 Å². The van der Waals surface area contributed by atoms with Gasteiger partial charge in [0.25, 0.3) is 10.0 Å². The largest absolute Gasteiger partial charge is 0.497 e. The van der Waals surface area contributed by atoms with E-state index in [1.54, 1.807) is 49.6 Å². The van der Waals surface area contributed by atoms with Crippen LogP contribution in [0.25, 0.3) is 0 Å². The first-order valence-electron chi connectivity index (χ1n) is 15.1. The summed E-state index contributed by atoms with van der Waals surface area (Å²) in [5.41, 5.74) is 3.74. The highest BCUT2D eigenvalue weighted by molar-refractivity contribution is 7.92. The second kappa shape index (κ2) is 15.4. The fourth-order valence-corrected chi connectivity index (χ4v) is 6.67. The van der Waals surface area contributed by atoms with E-state index in [0.29, 0.717) is 24.4 Å². The number of methoxy groups -OCH3 is 1. The van der Waals surface area contributed by atoms with Gasteiger partial charge in [-0.1, -0.05) is 85.3 Å². The molecule has 0 saturated carbocycles. The Morgan fingerprint density at radius 2 is 1.51 bits per heavy atom. The molecule has 1 N–H and O–H groups in total. The van der Waals surface area contributed by atoms with Crippen molar-refractivity contribution in [1.29, 1.82) is 0 Å².